The molecule has 0 unspecified atom stereocenters. The van der Waals surface area contributed by atoms with Gasteiger partial charge in [0.15, 0.2) is 11.5 Å². The number of amidine groups is 1. The minimum absolute atomic E-state index is 0.0272. The summed E-state index contributed by atoms with van der Waals surface area (Å²) in [5.74, 6) is 1.03. The fraction of sp³-hybridized carbons (Fsp3) is 0.133. The van der Waals surface area contributed by atoms with Gasteiger partial charge in [-0.1, -0.05) is 29.3 Å². The third kappa shape index (κ3) is 3.80. The van der Waals surface area contributed by atoms with Gasteiger partial charge in [-0.05, 0) is 30.3 Å². The number of halogens is 2. The molecule has 2 rings (SSSR count). The lowest BCUT2D eigenvalue weighted by molar-refractivity contribution is 0.284. The first-order valence-electron chi connectivity index (χ1n) is 6.10. The van der Waals surface area contributed by atoms with Gasteiger partial charge in [-0.2, -0.15) is 0 Å². The highest BCUT2D eigenvalue weighted by Crippen LogP contribution is 2.30. The van der Waals surface area contributed by atoms with Crippen LogP contribution in [0.4, 0.5) is 0 Å². The van der Waals surface area contributed by atoms with Crippen molar-refractivity contribution in [3.8, 4) is 11.5 Å². The van der Waals surface area contributed by atoms with Gasteiger partial charge in [0.1, 0.15) is 12.4 Å². The minimum Gasteiger partial charge on any atom is -0.493 e. The van der Waals surface area contributed by atoms with Gasteiger partial charge >= 0.3 is 0 Å². The maximum absolute atomic E-state index is 7.41. The largest absolute Gasteiger partial charge is 0.493 e. The molecule has 0 aliphatic carbocycles. The normalized spacial score (nSPS) is 10.2. The van der Waals surface area contributed by atoms with E-state index >= 15 is 0 Å². The summed E-state index contributed by atoms with van der Waals surface area (Å²) >= 11 is 11.9. The summed E-state index contributed by atoms with van der Waals surface area (Å²) < 4.78 is 10.9. The third-order valence-corrected chi connectivity index (χ3v) is 3.46. The van der Waals surface area contributed by atoms with Crippen molar-refractivity contribution in [3.05, 3.63) is 57.6 Å². The molecule has 0 aliphatic rings. The Labute approximate surface area is 132 Å². The van der Waals surface area contributed by atoms with Crippen molar-refractivity contribution in [2.75, 3.05) is 7.11 Å². The van der Waals surface area contributed by atoms with Gasteiger partial charge in [0, 0.05) is 21.2 Å². The number of nitrogen functional groups attached to an aromatic ring is 1. The van der Waals surface area contributed by atoms with E-state index in [0.717, 1.165) is 5.56 Å². The Morgan fingerprint density at radius 2 is 1.90 bits per heavy atom. The highest BCUT2D eigenvalue weighted by molar-refractivity contribution is 6.35. The van der Waals surface area contributed by atoms with Crippen molar-refractivity contribution in [1.82, 2.24) is 0 Å². The van der Waals surface area contributed by atoms with Crippen LogP contribution in [-0.2, 0) is 6.61 Å². The first-order valence-corrected chi connectivity index (χ1v) is 6.86. The van der Waals surface area contributed by atoms with Crippen molar-refractivity contribution in [1.29, 1.82) is 5.41 Å². The van der Waals surface area contributed by atoms with Crippen LogP contribution in [0.25, 0.3) is 0 Å². The molecule has 0 radical (unpaired) electrons. The van der Waals surface area contributed by atoms with Crippen molar-refractivity contribution in [2.24, 2.45) is 5.73 Å². The van der Waals surface area contributed by atoms with Crippen molar-refractivity contribution < 1.29 is 9.47 Å². The van der Waals surface area contributed by atoms with E-state index in [4.69, 9.17) is 43.8 Å². The zero-order chi connectivity index (χ0) is 15.4. The second-order valence-electron chi connectivity index (χ2n) is 4.30. The first-order chi connectivity index (χ1) is 10.0. The van der Waals surface area contributed by atoms with Crippen LogP contribution in [0.3, 0.4) is 0 Å². The van der Waals surface area contributed by atoms with Crippen LogP contribution in [0, 0.1) is 5.41 Å². The maximum atomic E-state index is 7.41. The molecule has 0 fully saturated rings. The van der Waals surface area contributed by atoms with Gasteiger partial charge in [0.2, 0.25) is 0 Å². The highest BCUT2D eigenvalue weighted by atomic mass is 35.5. The van der Waals surface area contributed by atoms with Crippen molar-refractivity contribution in [2.45, 2.75) is 6.61 Å². The lowest BCUT2D eigenvalue weighted by Crippen LogP contribution is -2.11. The van der Waals surface area contributed by atoms with Crippen LogP contribution in [0.15, 0.2) is 36.4 Å². The van der Waals surface area contributed by atoms with E-state index in [9.17, 15) is 0 Å². The van der Waals surface area contributed by atoms with Crippen LogP contribution in [-0.4, -0.2) is 12.9 Å². The number of hydrogen-bond acceptors (Lipinski definition) is 3. The summed E-state index contributed by atoms with van der Waals surface area (Å²) in [7, 11) is 1.53. The summed E-state index contributed by atoms with van der Waals surface area (Å²) in [6.07, 6.45) is 0. The lowest BCUT2D eigenvalue weighted by atomic mass is 10.2. The van der Waals surface area contributed by atoms with Crippen LogP contribution < -0.4 is 15.2 Å². The Morgan fingerprint density at radius 3 is 2.52 bits per heavy atom. The van der Waals surface area contributed by atoms with Gasteiger partial charge in [-0.15, -0.1) is 0 Å². The molecule has 2 aromatic rings. The summed E-state index contributed by atoms with van der Waals surface area (Å²) in [5.41, 5.74) is 6.83. The fourth-order valence-corrected chi connectivity index (χ4v) is 2.21. The summed E-state index contributed by atoms with van der Waals surface area (Å²) in [5, 5.41) is 8.53. The molecule has 6 heteroatoms. The van der Waals surface area contributed by atoms with E-state index < -0.39 is 0 Å². The Hall–Kier alpha value is -1.91. The average Bonchev–Trinajstić information content (AvgIpc) is 2.46. The van der Waals surface area contributed by atoms with Gasteiger partial charge in [-0.3, -0.25) is 5.41 Å². The molecule has 2 aromatic carbocycles. The molecule has 0 bridgehead atoms. The molecule has 0 saturated heterocycles. The summed E-state index contributed by atoms with van der Waals surface area (Å²) in [6, 6.07) is 10.3. The number of nitrogens with two attached hydrogens (primary N) is 1. The number of methoxy groups -OCH3 is 1. The van der Waals surface area contributed by atoms with Crippen LogP contribution in [0.1, 0.15) is 11.1 Å². The molecule has 0 atom stereocenters. The smallest absolute Gasteiger partial charge is 0.161 e. The first kappa shape index (κ1) is 15.5. The van der Waals surface area contributed by atoms with Gasteiger partial charge in [0.05, 0.1) is 7.11 Å². The van der Waals surface area contributed by atoms with E-state index in [1.807, 2.05) is 0 Å². The Morgan fingerprint density at radius 1 is 1.14 bits per heavy atom. The molecule has 0 aromatic heterocycles. The monoisotopic (exact) mass is 324 g/mol. The number of rotatable bonds is 5. The van der Waals surface area contributed by atoms with Crippen molar-refractivity contribution >= 4 is 29.0 Å². The summed E-state index contributed by atoms with van der Waals surface area (Å²) in [6.45, 7) is 0.284. The number of nitrogens with one attached hydrogen (secondary N) is 1. The molecule has 0 spiro atoms. The number of hydrogen-bond donors (Lipinski definition) is 2. The number of benzene rings is 2. The van der Waals surface area contributed by atoms with Crippen LogP contribution in [0.5, 0.6) is 11.5 Å². The van der Waals surface area contributed by atoms with Crippen LogP contribution >= 0.6 is 23.2 Å². The maximum Gasteiger partial charge on any atom is 0.161 e. The lowest BCUT2D eigenvalue weighted by Gasteiger charge is -2.12. The standard InChI is InChI=1S/C15H14Cl2N2O2/c1-20-14-6-9(15(18)19)3-5-13(14)21-8-10-2-4-11(16)7-12(10)17/h2-7H,8H2,1H3,(H3,18,19). The van der Waals surface area contributed by atoms with E-state index in [1.165, 1.54) is 7.11 Å². The molecule has 0 saturated carbocycles. The second kappa shape index (κ2) is 6.70. The van der Waals surface area contributed by atoms with Crippen molar-refractivity contribution in [3.63, 3.8) is 0 Å². The second-order valence-corrected chi connectivity index (χ2v) is 5.15. The van der Waals surface area contributed by atoms with E-state index in [1.54, 1.807) is 36.4 Å². The number of ether oxygens (including phenoxy) is 2. The predicted molar refractivity (Wildman–Crippen MR) is 84.8 cm³/mol. The predicted octanol–water partition coefficient (Wildman–Crippen LogP) is 3.87. The van der Waals surface area contributed by atoms with E-state index in [2.05, 4.69) is 0 Å². The molecule has 0 aliphatic heterocycles. The zero-order valence-electron chi connectivity index (χ0n) is 11.3. The van der Waals surface area contributed by atoms with E-state index in [-0.39, 0.29) is 12.4 Å². The fourth-order valence-electron chi connectivity index (χ4n) is 1.75. The molecular weight excluding hydrogens is 311 g/mol. The average molecular weight is 325 g/mol. The molecule has 21 heavy (non-hydrogen) atoms. The Kier molecular flexibility index (Phi) is 4.94. The summed E-state index contributed by atoms with van der Waals surface area (Å²) in [4.78, 5) is 0. The molecule has 4 nitrogen and oxygen atoms in total. The zero-order valence-corrected chi connectivity index (χ0v) is 12.8. The Balaban J connectivity index is 2.17. The topological polar surface area (TPSA) is 68.3 Å². The van der Waals surface area contributed by atoms with Gasteiger partial charge in [0.25, 0.3) is 0 Å². The molecule has 110 valence electrons. The van der Waals surface area contributed by atoms with Gasteiger partial charge < -0.3 is 15.2 Å². The SMILES string of the molecule is COc1cc(C(=N)N)ccc1OCc1ccc(Cl)cc1Cl. The molecule has 3 N–H and O–H groups in total. The quantitative estimate of drug-likeness (QED) is 0.648. The highest BCUT2D eigenvalue weighted by Gasteiger charge is 2.09. The third-order valence-electron chi connectivity index (χ3n) is 2.87. The minimum atomic E-state index is -0.0272. The molecular formula is C15H14Cl2N2O2. The Bertz CT molecular complexity index is 675. The van der Waals surface area contributed by atoms with Gasteiger partial charge in [-0.25, -0.2) is 0 Å². The van der Waals surface area contributed by atoms with E-state index in [0.29, 0.717) is 27.1 Å². The molecule has 0 heterocycles. The van der Waals surface area contributed by atoms with Crippen LogP contribution in [0.2, 0.25) is 10.0 Å². The molecule has 0 amide bonds.